The Hall–Kier alpha value is -0.630. The molecule has 0 aliphatic carbocycles. The number of nitrogens with two attached hydrogens (primary N) is 1. The highest BCUT2D eigenvalue weighted by atomic mass is 32.2. The van der Waals surface area contributed by atoms with Crippen LogP contribution in [0.15, 0.2) is 29.2 Å². The van der Waals surface area contributed by atoms with Crippen LogP contribution in [0.3, 0.4) is 0 Å². The molecule has 3 N–H and O–H groups in total. The molecule has 1 rings (SSSR count). The van der Waals surface area contributed by atoms with Crippen molar-refractivity contribution < 1.29 is 8.42 Å². The SMILES string of the molecule is CCSCCC(C)NS(=O)(=O)c1ccc(CC(N)=S)cc1. The van der Waals surface area contributed by atoms with Gasteiger partial charge in [0.15, 0.2) is 0 Å². The first-order valence-electron chi connectivity index (χ1n) is 6.82. The van der Waals surface area contributed by atoms with Gasteiger partial charge in [0.1, 0.15) is 0 Å². The molecule has 0 spiro atoms. The van der Waals surface area contributed by atoms with Crippen molar-refractivity contribution in [1.29, 1.82) is 0 Å². The fourth-order valence-corrected chi connectivity index (χ4v) is 4.04. The zero-order valence-corrected chi connectivity index (χ0v) is 14.8. The maximum atomic E-state index is 12.2. The van der Waals surface area contributed by atoms with Gasteiger partial charge in [-0.2, -0.15) is 11.8 Å². The van der Waals surface area contributed by atoms with E-state index in [-0.39, 0.29) is 10.9 Å². The third-order valence-corrected chi connectivity index (χ3v) is 5.55. The monoisotopic (exact) mass is 346 g/mol. The molecule has 0 heterocycles. The van der Waals surface area contributed by atoms with E-state index < -0.39 is 10.0 Å². The van der Waals surface area contributed by atoms with Gasteiger partial charge < -0.3 is 5.73 Å². The van der Waals surface area contributed by atoms with Crippen LogP contribution in [-0.4, -0.2) is 31.0 Å². The molecular formula is C14H22N2O2S3. The first kappa shape index (κ1) is 18.4. The molecule has 118 valence electrons. The zero-order chi connectivity index (χ0) is 15.9. The first-order valence-corrected chi connectivity index (χ1v) is 9.87. The average Bonchev–Trinajstić information content (AvgIpc) is 2.38. The molecule has 0 aliphatic heterocycles. The summed E-state index contributed by atoms with van der Waals surface area (Å²) in [5.41, 5.74) is 6.38. The molecule has 1 aromatic carbocycles. The molecule has 0 aromatic heterocycles. The highest BCUT2D eigenvalue weighted by molar-refractivity contribution is 7.99. The van der Waals surface area contributed by atoms with E-state index in [9.17, 15) is 8.42 Å². The second kappa shape index (κ2) is 8.73. The maximum Gasteiger partial charge on any atom is 0.240 e. The molecule has 1 atom stereocenters. The molecule has 1 unspecified atom stereocenters. The second-order valence-corrected chi connectivity index (χ2v) is 8.43. The summed E-state index contributed by atoms with van der Waals surface area (Å²) < 4.78 is 27.2. The molecular weight excluding hydrogens is 324 g/mol. The molecule has 21 heavy (non-hydrogen) atoms. The summed E-state index contributed by atoms with van der Waals surface area (Å²) in [6.07, 6.45) is 1.30. The van der Waals surface area contributed by atoms with Crippen LogP contribution in [0.2, 0.25) is 0 Å². The van der Waals surface area contributed by atoms with Crippen molar-refractivity contribution in [1.82, 2.24) is 4.72 Å². The van der Waals surface area contributed by atoms with Crippen molar-refractivity contribution in [3.63, 3.8) is 0 Å². The van der Waals surface area contributed by atoms with E-state index in [1.165, 1.54) is 0 Å². The van der Waals surface area contributed by atoms with Crippen molar-refractivity contribution >= 4 is 39.0 Å². The van der Waals surface area contributed by atoms with Crippen LogP contribution in [-0.2, 0) is 16.4 Å². The minimum absolute atomic E-state index is 0.0784. The van der Waals surface area contributed by atoms with Crippen LogP contribution in [0.5, 0.6) is 0 Å². The molecule has 0 saturated carbocycles. The van der Waals surface area contributed by atoms with Gasteiger partial charge in [-0.25, -0.2) is 13.1 Å². The predicted molar refractivity (Wildman–Crippen MR) is 94.3 cm³/mol. The van der Waals surface area contributed by atoms with E-state index >= 15 is 0 Å². The summed E-state index contributed by atoms with van der Waals surface area (Å²) in [6, 6.07) is 6.58. The minimum atomic E-state index is -3.47. The number of hydrogen-bond acceptors (Lipinski definition) is 4. The lowest BCUT2D eigenvalue weighted by atomic mass is 10.1. The number of rotatable bonds is 9. The number of sulfonamides is 1. The maximum absolute atomic E-state index is 12.2. The Labute approximate surface area is 136 Å². The van der Waals surface area contributed by atoms with Gasteiger partial charge in [0.25, 0.3) is 0 Å². The van der Waals surface area contributed by atoms with Crippen molar-refractivity contribution in [3.05, 3.63) is 29.8 Å². The van der Waals surface area contributed by atoms with Gasteiger partial charge in [-0.05, 0) is 42.5 Å². The highest BCUT2D eigenvalue weighted by Crippen LogP contribution is 2.13. The van der Waals surface area contributed by atoms with Gasteiger partial charge in [0, 0.05) is 12.5 Å². The third kappa shape index (κ3) is 6.78. The first-order chi connectivity index (χ1) is 9.85. The fourth-order valence-electron chi connectivity index (χ4n) is 1.78. The number of thiocarbonyl (C=S) groups is 1. The molecule has 0 radical (unpaired) electrons. The number of thioether (sulfide) groups is 1. The molecule has 0 bridgehead atoms. The van der Waals surface area contributed by atoms with E-state index in [2.05, 4.69) is 11.6 Å². The molecule has 0 amide bonds. The standard InChI is InChI=1S/C14H22N2O2S3/c1-3-20-9-8-11(2)16-21(17,18)13-6-4-12(5-7-13)10-14(15)19/h4-7,11,16H,3,8-10H2,1-2H3,(H2,15,19). The molecule has 7 heteroatoms. The van der Waals surface area contributed by atoms with Crippen molar-refractivity contribution in [2.24, 2.45) is 5.73 Å². The molecule has 4 nitrogen and oxygen atoms in total. The summed E-state index contributed by atoms with van der Waals surface area (Å²) in [5.74, 6) is 2.00. The van der Waals surface area contributed by atoms with Gasteiger partial charge in [0.05, 0.1) is 9.88 Å². The number of hydrogen-bond donors (Lipinski definition) is 2. The van der Waals surface area contributed by atoms with Gasteiger partial charge in [-0.15, -0.1) is 0 Å². The van der Waals surface area contributed by atoms with Crippen LogP contribution in [0, 0.1) is 0 Å². The van der Waals surface area contributed by atoms with Crippen LogP contribution in [0.25, 0.3) is 0 Å². The minimum Gasteiger partial charge on any atom is -0.393 e. The Bertz CT molecular complexity index is 556. The topological polar surface area (TPSA) is 72.2 Å². The van der Waals surface area contributed by atoms with Crippen LogP contribution >= 0.6 is 24.0 Å². The summed E-state index contributed by atoms with van der Waals surface area (Å²) in [6.45, 7) is 3.98. The van der Waals surface area contributed by atoms with Gasteiger partial charge >= 0.3 is 0 Å². The average molecular weight is 347 g/mol. The summed E-state index contributed by atoms with van der Waals surface area (Å²) in [5, 5.41) is 0. The van der Waals surface area contributed by atoms with Crippen LogP contribution < -0.4 is 10.5 Å². The quantitative estimate of drug-likeness (QED) is 0.530. The van der Waals surface area contributed by atoms with Gasteiger partial charge in [0.2, 0.25) is 10.0 Å². The molecule has 0 aliphatic rings. The lowest BCUT2D eigenvalue weighted by molar-refractivity contribution is 0.557. The molecule has 0 fully saturated rings. The lowest BCUT2D eigenvalue weighted by Gasteiger charge is -2.14. The van der Waals surface area contributed by atoms with Gasteiger partial charge in [-0.3, -0.25) is 0 Å². The van der Waals surface area contributed by atoms with E-state index in [0.29, 0.717) is 11.4 Å². The van der Waals surface area contributed by atoms with E-state index in [1.54, 1.807) is 24.3 Å². The van der Waals surface area contributed by atoms with Crippen LogP contribution in [0.1, 0.15) is 25.8 Å². The van der Waals surface area contributed by atoms with E-state index in [4.69, 9.17) is 18.0 Å². The van der Waals surface area contributed by atoms with Crippen molar-refractivity contribution in [3.8, 4) is 0 Å². The normalized spacial score (nSPS) is 13.0. The number of benzene rings is 1. The third-order valence-electron chi connectivity index (χ3n) is 2.87. The van der Waals surface area contributed by atoms with E-state index in [0.717, 1.165) is 23.5 Å². The summed E-state index contributed by atoms with van der Waals surface area (Å²) in [4.78, 5) is 0.662. The van der Waals surface area contributed by atoms with Crippen molar-refractivity contribution in [2.45, 2.75) is 37.6 Å². The zero-order valence-electron chi connectivity index (χ0n) is 12.3. The smallest absolute Gasteiger partial charge is 0.240 e. The van der Waals surface area contributed by atoms with E-state index in [1.807, 2.05) is 18.7 Å². The van der Waals surface area contributed by atoms with Crippen molar-refractivity contribution in [2.75, 3.05) is 11.5 Å². The fraction of sp³-hybridized carbons (Fsp3) is 0.500. The van der Waals surface area contributed by atoms with Gasteiger partial charge in [-0.1, -0.05) is 31.3 Å². The highest BCUT2D eigenvalue weighted by Gasteiger charge is 2.17. The Balaban J connectivity index is 2.67. The number of nitrogens with one attached hydrogen (secondary N) is 1. The Morgan fingerprint density at radius 1 is 1.38 bits per heavy atom. The molecule has 1 aromatic rings. The predicted octanol–water partition coefficient (Wildman–Crippen LogP) is 2.33. The second-order valence-electron chi connectivity index (χ2n) is 4.79. The largest absolute Gasteiger partial charge is 0.393 e. The Morgan fingerprint density at radius 3 is 2.52 bits per heavy atom. The summed E-state index contributed by atoms with van der Waals surface area (Å²) >= 11 is 6.64. The van der Waals surface area contributed by atoms with Crippen LogP contribution in [0.4, 0.5) is 0 Å². The Morgan fingerprint density at radius 2 is 2.00 bits per heavy atom. The molecule has 0 saturated heterocycles. The Kier molecular flexibility index (Phi) is 7.65. The summed E-state index contributed by atoms with van der Waals surface area (Å²) in [7, 11) is -3.47. The lowest BCUT2D eigenvalue weighted by Crippen LogP contribution is -2.33.